The maximum atomic E-state index is 11.0. The van der Waals surface area contributed by atoms with Crippen LogP contribution in [0.4, 0.5) is 5.95 Å². The zero-order chi connectivity index (χ0) is 13.0. The fourth-order valence-corrected chi connectivity index (χ4v) is 1.39. The molecule has 17 heavy (non-hydrogen) atoms. The lowest BCUT2D eigenvalue weighted by Crippen LogP contribution is -2.39. The van der Waals surface area contributed by atoms with Gasteiger partial charge < -0.3 is 10.6 Å². The van der Waals surface area contributed by atoms with Gasteiger partial charge in [-0.05, 0) is 26.8 Å². The molecule has 0 unspecified atom stereocenters. The number of anilines is 1. The molecule has 0 aliphatic carbocycles. The maximum absolute atomic E-state index is 11.0. The molecular formula is C11H15N5O. The van der Waals surface area contributed by atoms with E-state index in [9.17, 15) is 4.79 Å². The third-order valence-corrected chi connectivity index (χ3v) is 2.16. The van der Waals surface area contributed by atoms with Crippen LogP contribution in [0, 0.1) is 18.3 Å². The molecule has 0 spiro atoms. The molecule has 1 heterocycles. The Labute approximate surface area is 100 Å². The molecular weight excluding hydrogens is 218 g/mol. The van der Waals surface area contributed by atoms with Gasteiger partial charge in [0.15, 0.2) is 0 Å². The minimum absolute atomic E-state index is 0.0239. The van der Waals surface area contributed by atoms with Crippen molar-refractivity contribution >= 4 is 11.9 Å². The number of nitrogens with two attached hydrogens (primary N) is 1. The zero-order valence-electron chi connectivity index (χ0n) is 10.1. The summed E-state index contributed by atoms with van der Waals surface area (Å²) in [4.78, 5) is 20.9. The Morgan fingerprint density at radius 1 is 1.59 bits per heavy atom. The van der Waals surface area contributed by atoms with Crippen LogP contribution in [0.15, 0.2) is 6.07 Å². The summed E-state index contributed by atoms with van der Waals surface area (Å²) >= 11 is 0. The van der Waals surface area contributed by atoms with Gasteiger partial charge in [0, 0.05) is 11.7 Å². The number of carbonyl (C=O) groups is 1. The highest BCUT2D eigenvalue weighted by Crippen LogP contribution is 2.12. The molecule has 0 bridgehead atoms. The minimum atomic E-state index is -0.456. The van der Waals surface area contributed by atoms with E-state index in [0.717, 1.165) is 0 Å². The highest BCUT2D eigenvalue weighted by atomic mass is 16.1. The van der Waals surface area contributed by atoms with Gasteiger partial charge in [-0.25, -0.2) is 9.97 Å². The van der Waals surface area contributed by atoms with Crippen LogP contribution in [0.25, 0.3) is 0 Å². The Morgan fingerprint density at radius 3 is 2.71 bits per heavy atom. The largest absolute Gasteiger partial charge is 0.368 e. The van der Waals surface area contributed by atoms with Crippen molar-refractivity contribution in [2.24, 2.45) is 5.73 Å². The van der Waals surface area contributed by atoms with Gasteiger partial charge in [-0.2, -0.15) is 5.26 Å². The summed E-state index contributed by atoms with van der Waals surface area (Å²) < 4.78 is 0. The number of nitrogens with zero attached hydrogens (tertiary/aromatic N) is 4. The molecule has 1 aromatic rings. The highest BCUT2D eigenvalue weighted by molar-refractivity contribution is 5.79. The quantitative estimate of drug-likeness (QED) is 0.809. The number of hydrogen-bond acceptors (Lipinski definition) is 5. The van der Waals surface area contributed by atoms with Crippen LogP contribution in [0.3, 0.4) is 0 Å². The first-order chi connectivity index (χ1) is 7.93. The van der Waals surface area contributed by atoms with Crippen molar-refractivity contribution in [1.82, 2.24) is 9.97 Å². The third kappa shape index (κ3) is 3.41. The van der Waals surface area contributed by atoms with Crippen molar-refractivity contribution in [2.75, 3.05) is 11.4 Å². The third-order valence-electron chi connectivity index (χ3n) is 2.16. The Hall–Kier alpha value is -2.16. The molecule has 1 aromatic heterocycles. The smallest absolute Gasteiger partial charge is 0.237 e. The molecule has 0 saturated heterocycles. The van der Waals surface area contributed by atoms with Crippen LogP contribution in [-0.2, 0) is 4.79 Å². The summed E-state index contributed by atoms with van der Waals surface area (Å²) in [5.41, 5.74) is 6.14. The van der Waals surface area contributed by atoms with E-state index in [4.69, 9.17) is 11.0 Å². The van der Waals surface area contributed by atoms with Gasteiger partial charge in [-0.1, -0.05) is 0 Å². The van der Waals surface area contributed by atoms with Crippen molar-refractivity contribution in [1.29, 1.82) is 5.26 Å². The number of rotatable bonds is 4. The second-order valence-corrected chi connectivity index (χ2v) is 3.99. The Morgan fingerprint density at radius 2 is 2.24 bits per heavy atom. The lowest BCUT2D eigenvalue weighted by molar-refractivity contribution is -0.116. The number of amides is 1. The van der Waals surface area contributed by atoms with E-state index in [2.05, 4.69) is 9.97 Å². The van der Waals surface area contributed by atoms with E-state index < -0.39 is 5.91 Å². The van der Waals surface area contributed by atoms with E-state index in [1.165, 1.54) is 0 Å². The number of hydrogen-bond donors (Lipinski definition) is 1. The van der Waals surface area contributed by atoms with Crippen molar-refractivity contribution < 1.29 is 4.79 Å². The van der Waals surface area contributed by atoms with E-state index in [-0.39, 0.29) is 18.3 Å². The van der Waals surface area contributed by atoms with Gasteiger partial charge in [0.25, 0.3) is 0 Å². The minimum Gasteiger partial charge on any atom is -0.368 e. The number of carbonyl (C=O) groups excluding carboxylic acids is 1. The summed E-state index contributed by atoms with van der Waals surface area (Å²) in [7, 11) is 0. The lowest BCUT2D eigenvalue weighted by atomic mass is 10.3. The monoisotopic (exact) mass is 233 g/mol. The molecule has 6 nitrogen and oxygen atoms in total. The predicted molar refractivity (Wildman–Crippen MR) is 63.2 cm³/mol. The molecule has 0 atom stereocenters. The molecule has 0 aromatic carbocycles. The summed E-state index contributed by atoms with van der Waals surface area (Å²) in [6, 6.07) is 3.57. The molecule has 90 valence electrons. The van der Waals surface area contributed by atoms with Gasteiger partial charge in [-0.3, -0.25) is 4.79 Å². The van der Waals surface area contributed by atoms with Gasteiger partial charge in [-0.15, -0.1) is 0 Å². The average Bonchev–Trinajstić information content (AvgIpc) is 2.24. The summed E-state index contributed by atoms with van der Waals surface area (Å²) in [5, 5.41) is 8.84. The SMILES string of the molecule is Cc1cc(C#N)nc(N(CC(N)=O)C(C)C)n1. The molecule has 0 aliphatic heterocycles. The topological polar surface area (TPSA) is 95.9 Å². The number of primary amides is 1. The Balaban J connectivity index is 3.14. The fourth-order valence-electron chi connectivity index (χ4n) is 1.39. The van der Waals surface area contributed by atoms with Crippen LogP contribution in [0.5, 0.6) is 0 Å². The van der Waals surface area contributed by atoms with Crippen molar-refractivity contribution in [3.63, 3.8) is 0 Å². The van der Waals surface area contributed by atoms with Crippen LogP contribution in [-0.4, -0.2) is 28.5 Å². The number of aromatic nitrogens is 2. The molecule has 1 amide bonds. The summed E-state index contributed by atoms with van der Waals surface area (Å²) in [6.45, 7) is 5.61. The Kier molecular flexibility index (Phi) is 3.99. The first kappa shape index (κ1) is 12.9. The van der Waals surface area contributed by atoms with Crippen LogP contribution < -0.4 is 10.6 Å². The van der Waals surface area contributed by atoms with E-state index in [1.807, 2.05) is 19.9 Å². The number of nitriles is 1. The normalized spacial score (nSPS) is 10.1. The van der Waals surface area contributed by atoms with Crippen molar-refractivity contribution in [2.45, 2.75) is 26.8 Å². The fraction of sp³-hybridized carbons (Fsp3) is 0.455. The molecule has 1 rings (SSSR count). The van der Waals surface area contributed by atoms with Crippen LogP contribution in [0.1, 0.15) is 25.2 Å². The molecule has 0 radical (unpaired) electrons. The summed E-state index contributed by atoms with van der Waals surface area (Å²) in [6.07, 6.45) is 0. The van der Waals surface area contributed by atoms with Gasteiger partial charge >= 0.3 is 0 Å². The van der Waals surface area contributed by atoms with Crippen LogP contribution in [0.2, 0.25) is 0 Å². The zero-order valence-corrected chi connectivity index (χ0v) is 10.1. The average molecular weight is 233 g/mol. The van der Waals surface area contributed by atoms with Crippen molar-refractivity contribution in [3.8, 4) is 6.07 Å². The van der Waals surface area contributed by atoms with Gasteiger partial charge in [0.2, 0.25) is 11.9 Å². The standard InChI is InChI=1S/C11H15N5O/c1-7(2)16(6-10(13)17)11-14-8(3)4-9(5-12)15-11/h4,7H,6H2,1-3H3,(H2,13,17). The van der Waals surface area contributed by atoms with Crippen LogP contribution >= 0.6 is 0 Å². The van der Waals surface area contributed by atoms with E-state index in [0.29, 0.717) is 11.6 Å². The van der Waals surface area contributed by atoms with Gasteiger partial charge in [0.05, 0.1) is 6.54 Å². The van der Waals surface area contributed by atoms with E-state index >= 15 is 0 Å². The molecule has 6 heteroatoms. The van der Waals surface area contributed by atoms with Crippen molar-refractivity contribution in [3.05, 3.63) is 17.5 Å². The maximum Gasteiger partial charge on any atom is 0.237 e. The Bertz CT molecular complexity index is 463. The molecule has 0 fully saturated rings. The molecule has 0 saturated carbocycles. The first-order valence-corrected chi connectivity index (χ1v) is 5.24. The first-order valence-electron chi connectivity index (χ1n) is 5.24. The summed E-state index contributed by atoms with van der Waals surface area (Å²) in [5.74, 6) is -0.0994. The van der Waals surface area contributed by atoms with E-state index in [1.54, 1.807) is 17.9 Å². The predicted octanol–water partition coefficient (Wildman–Crippen LogP) is 0.357. The second kappa shape index (κ2) is 5.25. The highest BCUT2D eigenvalue weighted by Gasteiger charge is 2.16. The lowest BCUT2D eigenvalue weighted by Gasteiger charge is -2.25. The second-order valence-electron chi connectivity index (χ2n) is 3.99. The number of aryl methyl sites for hydroxylation is 1. The molecule has 0 aliphatic rings. The molecule has 2 N–H and O–H groups in total. The van der Waals surface area contributed by atoms with Gasteiger partial charge in [0.1, 0.15) is 11.8 Å².